The second-order valence-electron chi connectivity index (χ2n) is 5.77. The lowest BCUT2D eigenvalue weighted by atomic mass is 9.70. The molecule has 0 bridgehead atoms. The van der Waals surface area contributed by atoms with Crippen LogP contribution in [0.4, 0.5) is 0 Å². The minimum atomic E-state index is -1.21. The topological polar surface area (TPSA) is 63.6 Å². The highest BCUT2D eigenvalue weighted by atomic mass is 16.6. The van der Waals surface area contributed by atoms with Crippen molar-refractivity contribution in [2.24, 2.45) is 17.8 Å². The second kappa shape index (κ2) is 4.31. The van der Waals surface area contributed by atoms with Gasteiger partial charge in [-0.3, -0.25) is 4.79 Å². The molecular formula is C13H20O4. The van der Waals surface area contributed by atoms with Crippen LogP contribution in [0.3, 0.4) is 0 Å². The lowest BCUT2D eigenvalue weighted by molar-refractivity contribution is -0.180. The fourth-order valence-corrected chi connectivity index (χ4v) is 2.93. The van der Waals surface area contributed by atoms with E-state index in [9.17, 15) is 14.7 Å². The number of carbonyl (C=O) groups is 2. The number of esters is 1. The number of cyclic esters (lactones) is 1. The van der Waals surface area contributed by atoms with Crippen LogP contribution in [0.15, 0.2) is 0 Å². The highest BCUT2D eigenvalue weighted by molar-refractivity contribution is 5.87. The molecule has 2 atom stereocenters. The molecule has 1 saturated heterocycles. The Hall–Kier alpha value is -1.06. The van der Waals surface area contributed by atoms with Crippen molar-refractivity contribution >= 4 is 11.9 Å². The molecule has 0 aromatic heterocycles. The van der Waals surface area contributed by atoms with Gasteiger partial charge in [0.25, 0.3) is 0 Å². The van der Waals surface area contributed by atoms with Crippen molar-refractivity contribution in [3.8, 4) is 0 Å². The average molecular weight is 240 g/mol. The van der Waals surface area contributed by atoms with E-state index < -0.39 is 11.6 Å². The van der Waals surface area contributed by atoms with E-state index in [-0.39, 0.29) is 17.8 Å². The SMILES string of the molecule is CC(C)CC1CC(C(=O)O)(C2CCC2)OC1=O. The van der Waals surface area contributed by atoms with Gasteiger partial charge in [0, 0.05) is 12.3 Å². The van der Waals surface area contributed by atoms with Gasteiger partial charge in [0.2, 0.25) is 5.60 Å². The Kier molecular flexibility index (Phi) is 3.15. The molecule has 2 unspecified atom stereocenters. The van der Waals surface area contributed by atoms with Gasteiger partial charge in [-0.25, -0.2) is 4.79 Å². The van der Waals surface area contributed by atoms with Gasteiger partial charge >= 0.3 is 11.9 Å². The molecule has 2 aliphatic rings. The van der Waals surface area contributed by atoms with Gasteiger partial charge in [0.1, 0.15) is 0 Å². The van der Waals surface area contributed by atoms with Crippen LogP contribution < -0.4 is 0 Å². The average Bonchev–Trinajstić information content (AvgIpc) is 2.40. The van der Waals surface area contributed by atoms with Gasteiger partial charge in [-0.2, -0.15) is 0 Å². The lowest BCUT2D eigenvalue weighted by Gasteiger charge is -2.37. The van der Waals surface area contributed by atoms with Crippen molar-refractivity contribution < 1.29 is 19.4 Å². The van der Waals surface area contributed by atoms with E-state index in [1.807, 2.05) is 13.8 Å². The number of ether oxygens (including phenoxy) is 1. The second-order valence-corrected chi connectivity index (χ2v) is 5.77. The normalized spacial score (nSPS) is 33.6. The van der Waals surface area contributed by atoms with Crippen LogP contribution in [-0.4, -0.2) is 22.6 Å². The van der Waals surface area contributed by atoms with Gasteiger partial charge in [0.05, 0.1) is 5.92 Å². The van der Waals surface area contributed by atoms with Gasteiger partial charge in [-0.15, -0.1) is 0 Å². The van der Waals surface area contributed by atoms with Crippen molar-refractivity contribution in [2.45, 2.75) is 51.6 Å². The van der Waals surface area contributed by atoms with E-state index >= 15 is 0 Å². The molecule has 1 saturated carbocycles. The maximum atomic E-state index is 11.8. The number of aliphatic carboxylic acids is 1. The Morgan fingerprint density at radius 2 is 2.18 bits per heavy atom. The summed E-state index contributed by atoms with van der Waals surface area (Å²) < 4.78 is 5.29. The maximum Gasteiger partial charge on any atom is 0.348 e. The molecule has 0 spiro atoms. The molecule has 1 aliphatic heterocycles. The van der Waals surface area contributed by atoms with Crippen molar-refractivity contribution in [1.29, 1.82) is 0 Å². The quantitative estimate of drug-likeness (QED) is 0.765. The summed E-state index contributed by atoms with van der Waals surface area (Å²) in [4.78, 5) is 23.2. The van der Waals surface area contributed by atoms with E-state index in [0.717, 1.165) is 25.7 Å². The van der Waals surface area contributed by atoms with Crippen LogP contribution >= 0.6 is 0 Å². The number of carboxylic acids is 1. The largest absolute Gasteiger partial charge is 0.478 e. The lowest BCUT2D eigenvalue weighted by Crippen LogP contribution is -2.48. The van der Waals surface area contributed by atoms with Gasteiger partial charge in [-0.1, -0.05) is 20.3 Å². The summed E-state index contributed by atoms with van der Waals surface area (Å²) in [6.45, 7) is 4.08. The Bertz CT molecular complexity index is 332. The van der Waals surface area contributed by atoms with Gasteiger partial charge in [-0.05, 0) is 25.2 Å². The minimum Gasteiger partial charge on any atom is -0.478 e. The Morgan fingerprint density at radius 1 is 1.53 bits per heavy atom. The zero-order valence-electron chi connectivity index (χ0n) is 10.4. The first-order valence-corrected chi connectivity index (χ1v) is 6.42. The first-order valence-electron chi connectivity index (χ1n) is 6.42. The molecule has 2 rings (SSSR count). The molecular weight excluding hydrogens is 220 g/mol. The molecule has 2 fully saturated rings. The van der Waals surface area contributed by atoms with Crippen LogP contribution in [0.1, 0.15) is 46.0 Å². The third kappa shape index (κ3) is 2.05. The van der Waals surface area contributed by atoms with E-state index in [1.54, 1.807) is 0 Å². The number of carbonyl (C=O) groups excluding carboxylic acids is 1. The van der Waals surface area contributed by atoms with Crippen molar-refractivity contribution in [3.05, 3.63) is 0 Å². The van der Waals surface area contributed by atoms with Crippen molar-refractivity contribution in [3.63, 3.8) is 0 Å². The van der Waals surface area contributed by atoms with Crippen molar-refractivity contribution in [2.75, 3.05) is 0 Å². The van der Waals surface area contributed by atoms with E-state index in [1.165, 1.54) is 0 Å². The fraction of sp³-hybridized carbons (Fsp3) is 0.846. The molecule has 1 heterocycles. The van der Waals surface area contributed by atoms with E-state index in [4.69, 9.17) is 4.74 Å². The predicted molar refractivity (Wildman–Crippen MR) is 61.4 cm³/mol. The van der Waals surface area contributed by atoms with Gasteiger partial charge in [0.15, 0.2) is 0 Å². The van der Waals surface area contributed by atoms with Crippen LogP contribution in [-0.2, 0) is 14.3 Å². The molecule has 4 heteroatoms. The predicted octanol–water partition coefficient (Wildman–Crippen LogP) is 2.22. The van der Waals surface area contributed by atoms with E-state index in [2.05, 4.69) is 0 Å². The molecule has 1 aliphatic carbocycles. The molecule has 4 nitrogen and oxygen atoms in total. The monoisotopic (exact) mass is 240 g/mol. The summed E-state index contributed by atoms with van der Waals surface area (Å²) in [5.74, 6) is -1.08. The van der Waals surface area contributed by atoms with Crippen LogP contribution in [0, 0.1) is 17.8 Å². The zero-order valence-corrected chi connectivity index (χ0v) is 10.4. The third-order valence-corrected chi connectivity index (χ3v) is 4.05. The summed E-state index contributed by atoms with van der Waals surface area (Å²) in [7, 11) is 0. The first-order chi connectivity index (χ1) is 7.95. The van der Waals surface area contributed by atoms with Crippen LogP contribution in [0.2, 0.25) is 0 Å². The molecule has 0 aromatic rings. The molecule has 0 aromatic carbocycles. The summed E-state index contributed by atoms with van der Waals surface area (Å²) in [5.41, 5.74) is -1.21. The highest BCUT2D eigenvalue weighted by Gasteiger charge is 2.58. The summed E-state index contributed by atoms with van der Waals surface area (Å²) in [5, 5.41) is 9.39. The molecule has 96 valence electrons. The molecule has 17 heavy (non-hydrogen) atoms. The summed E-state index contributed by atoms with van der Waals surface area (Å²) in [6.07, 6.45) is 3.87. The van der Waals surface area contributed by atoms with Crippen LogP contribution in [0.25, 0.3) is 0 Å². The highest BCUT2D eigenvalue weighted by Crippen LogP contribution is 2.47. The Balaban J connectivity index is 2.14. The number of rotatable bonds is 4. The Labute approximate surface area is 101 Å². The molecule has 0 radical (unpaired) electrons. The smallest absolute Gasteiger partial charge is 0.348 e. The van der Waals surface area contributed by atoms with E-state index in [0.29, 0.717) is 12.3 Å². The molecule has 0 amide bonds. The minimum absolute atomic E-state index is 0.0288. The third-order valence-electron chi connectivity index (χ3n) is 4.05. The Morgan fingerprint density at radius 3 is 2.59 bits per heavy atom. The number of hydrogen-bond acceptors (Lipinski definition) is 3. The standard InChI is InChI=1S/C13H20O4/c1-8(2)6-9-7-13(12(15)16,17-11(9)14)10-4-3-5-10/h8-10H,3-7H2,1-2H3,(H,15,16). The zero-order chi connectivity index (χ0) is 12.6. The fourth-order valence-electron chi connectivity index (χ4n) is 2.93. The maximum absolute atomic E-state index is 11.8. The van der Waals surface area contributed by atoms with Crippen molar-refractivity contribution in [1.82, 2.24) is 0 Å². The number of hydrogen-bond donors (Lipinski definition) is 1. The summed E-state index contributed by atoms with van der Waals surface area (Å²) >= 11 is 0. The number of carboxylic acid groups (broad SMARTS) is 1. The summed E-state index contributed by atoms with van der Waals surface area (Å²) in [6, 6.07) is 0. The van der Waals surface area contributed by atoms with Crippen LogP contribution in [0.5, 0.6) is 0 Å². The van der Waals surface area contributed by atoms with Gasteiger partial charge < -0.3 is 9.84 Å². The molecule has 1 N–H and O–H groups in total. The first kappa shape index (κ1) is 12.4.